The third-order valence-corrected chi connectivity index (χ3v) is 1.30. The van der Waals surface area contributed by atoms with Crippen molar-refractivity contribution < 1.29 is 19.2 Å². The average Bonchev–Trinajstić information content (AvgIpc) is 2.05. The number of aromatic carboxylic acids is 1. The van der Waals surface area contributed by atoms with Gasteiger partial charge in [0.1, 0.15) is 17.4 Å². The smallest absolute Gasteiger partial charge is 0.339 e. The Balaban J connectivity index is 3.00. The lowest BCUT2D eigenvalue weighted by Crippen LogP contribution is -2.00. The van der Waals surface area contributed by atoms with Crippen molar-refractivity contribution in [3.05, 3.63) is 29.8 Å². The van der Waals surface area contributed by atoms with Gasteiger partial charge in [0.05, 0.1) is 0 Å². The molecule has 0 saturated carbocycles. The Labute approximate surface area is 73.4 Å². The number of hydrogen-bond donors (Lipinski definition) is 1. The first-order chi connectivity index (χ1) is 5.75. The molecule has 0 aliphatic carbocycles. The van der Waals surface area contributed by atoms with Crippen molar-refractivity contribution in [3.63, 3.8) is 0 Å². The van der Waals surface area contributed by atoms with Crippen molar-refractivity contribution in [1.82, 2.24) is 0 Å². The van der Waals surface area contributed by atoms with Crippen LogP contribution < -0.4 is 4.89 Å². The van der Waals surface area contributed by atoms with Crippen LogP contribution in [0.1, 0.15) is 10.4 Å². The van der Waals surface area contributed by atoms with E-state index in [2.05, 4.69) is 9.33 Å². The highest BCUT2D eigenvalue weighted by molar-refractivity contribution is 6.06. The maximum atomic E-state index is 10.5. The van der Waals surface area contributed by atoms with Gasteiger partial charge in [-0.3, -0.25) is 0 Å². The van der Waals surface area contributed by atoms with Gasteiger partial charge in [0.25, 0.3) is 0 Å². The molecule has 5 heteroatoms. The van der Waals surface area contributed by atoms with Crippen molar-refractivity contribution in [2.75, 3.05) is 0 Å². The molecule has 0 aliphatic heterocycles. The Hall–Kier alpha value is -1.26. The predicted octanol–water partition coefficient (Wildman–Crippen LogP) is 1.85. The summed E-state index contributed by atoms with van der Waals surface area (Å²) in [5.74, 6) is -1.03. The number of carboxylic acids is 1. The molecule has 1 aromatic carbocycles. The molecule has 0 amide bonds. The maximum Gasteiger partial charge on any atom is 0.339 e. The van der Waals surface area contributed by atoms with E-state index in [1.807, 2.05) is 0 Å². The Morgan fingerprint density at radius 2 is 2.08 bits per heavy atom. The van der Waals surface area contributed by atoms with Gasteiger partial charge in [-0.25, -0.2) is 4.79 Å². The molecule has 4 nitrogen and oxygen atoms in total. The Bertz CT molecular complexity index is 286. The number of carboxylic acid groups (broad SMARTS) is 1. The SMILES string of the molecule is O=C(O)c1ccccc1OOCl. The van der Waals surface area contributed by atoms with Crippen LogP contribution in [0.15, 0.2) is 24.3 Å². The van der Waals surface area contributed by atoms with Gasteiger partial charge in [0.15, 0.2) is 5.75 Å². The summed E-state index contributed by atoms with van der Waals surface area (Å²) in [6.45, 7) is 0. The number of benzene rings is 1. The van der Waals surface area contributed by atoms with E-state index in [1.165, 1.54) is 12.1 Å². The number of hydrogen-bond acceptors (Lipinski definition) is 3. The minimum atomic E-state index is -1.10. The number of carbonyl (C=O) groups is 1. The molecule has 12 heavy (non-hydrogen) atoms. The average molecular weight is 189 g/mol. The molecule has 0 unspecified atom stereocenters. The van der Waals surface area contributed by atoms with E-state index in [1.54, 1.807) is 12.1 Å². The number of rotatable bonds is 3. The molecule has 0 fully saturated rings. The van der Waals surface area contributed by atoms with Crippen molar-refractivity contribution in [1.29, 1.82) is 0 Å². The summed E-state index contributed by atoms with van der Waals surface area (Å²) in [7, 11) is 0. The van der Waals surface area contributed by atoms with Crippen LogP contribution >= 0.6 is 11.9 Å². The second-order valence-corrected chi connectivity index (χ2v) is 2.07. The van der Waals surface area contributed by atoms with Gasteiger partial charge in [0.2, 0.25) is 0 Å². The summed E-state index contributed by atoms with van der Waals surface area (Å²) in [5.41, 5.74) is -0.00171. The van der Waals surface area contributed by atoms with Crippen LogP contribution in [0.25, 0.3) is 0 Å². The third kappa shape index (κ3) is 1.87. The first kappa shape index (κ1) is 8.83. The summed E-state index contributed by atoms with van der Waals surface area (Å²) in [5, 5.41) is 8.61. The molecule has 1 aromatic rings. The third-order valence-electron chi connectivity index (χ3n) is 1.24. The number of para-hydroxylation sites is 1. The monoisotopic (exact) mass is 188 g/mol. The molecular formula is C7H5ClO4. The molecule has 0 radical (unpaired) electrons. The molecule has 0 atom stereocenters. The molecule has 0 aliphatic rings. The van der Waals surface area contributed by atoms with Gasteiger partial charge in [-0.1, -0.05) is 16.6 Å². The van der Waals surface area contributed by atoms with Gasteiger partial charge in [-0.05, 0) is 12.1 Å². The minimum absolute atomic E-state index is 0.00171. The van der Waals surface area contributed by atoms with Gasteiger partial charge >= 0.3 is 5.97 Å². The Kier molecular flexibility index (Phi) is 2.90. The van der Waals surface area contributed by atoms with E-state index in [0.29, 0.717) is 0 Å². The van der Waals surface area contributed by atoms with Crippen LogP contribution in [-0.2, 0) is 4.44 Å². The Morgan fingerprint density at radius 1 is 1.42 bits per heavy atom. The van der Waals surface area contributed by atoms with E-state index in [9.17, 15) is 4.79 Å². The molecule has 1 N–H and O–H groups in total. The van der Waals surface area contributed by atoms with Crippen molar-refractivity contribution >= 4 is 17.8 Å². The summed E-state index contributed by atoms with van der Waals surface area (Å²) < 4.78 is 3.83. The van der Waals surface area contributed by atoms with E-state index >= 15 is 0 Å². The Morgan fingerprint density at radius 3 is 2.67 bits per heavy atom. The summed E-state index contributed by atoms with van der Waals surface area (Å²) in [6, 6.07) is 6.00. The fraction of sp³-hybridized carbons (Fsp3) is 0. The second kappa shape index (κ2) is 3.94. The quantitative estimate of drug-likeness (QED) is 0.581. The molecule has 0 heterocycles. The highest BCUT2D eigenvalue weighted by atomic mass is 35.5. The predicted molar refractivity (Wildman–Crippen MR) is 41.0 cm³/mol. The topological polar surface area (TPSA) is 55.8 Å². The zero-order valence-corrected chi connectivity index (χ0v) is 6.62. The normalized spacial score (nSPS) is 9.42. The molecular weight excluding hydrogens is 184 g/mol. The number of halogens is 1. The van der Waals surface area contributed by atoms with Gasteiger partial charge in [-0.2, -0.15) is 0 Å². The highest BCUT2D eigenvalue weighted by Gasteiger charge is 2.10. The zero-order chi connectivity index (χ0) is 8.97. The van der Waals surface area contributed by atoms with Crippen LogP contribution in [0.3, 0.4) is 0 Å². The van der Waals surface area contributed by atoms with Crippen molar-refractivity contribution in [2.24, 2.45) is 0 Å². The van der Waals surface area contributed by atoms with Crippen molar-refractivity contribution in [2.45, 2.75) is 0 Å². The lowest BCUT2D eigenvalue weighted by atomic mass is 10.2. The van der Waals surface area contributed by atoms with Gasteiger partial charge in [0, 0.05) is 0 Å². The van der Waals surface area contributed by atoms with Crippen LogP contribution in [0, 0.1) is 0 Å². The molecule has 1 rings (SSSR count). The van der Waals surface area contributed by atoms with Crippen LogP contribution in [0.5, 0.6) is 5.75 Å². The molecule has 0 bridgehead atoms. The van der Waals surface area contributed by atoms with E-state index in [4.69, 9.17) is 17.0 Å². The highest BCUT2D eigenvalue weighted by Crippen LogP contribution is 2.18. The minimum Gasteiger partial charge on any atom is -0.478 e. The van der Waals surface area contributed by atoms with E-state index in [-0.39, 0.29) is 11.3 Å². The summed E-state index contributed by atoms with van der Waals surface area (Å²) in [4.78, 5) is 14.9. The van der Waals surface area contributed by atoms with Crippen LogP contribution in [0.2, 0.25) is 0 Å². The van der Waals surface area contributed by atoms with Crippen LogP contribution in [-0.4, -0.2) is 11.1 Å². The molecule has 64 valence electrons. The standard InChI is InChI=1S/C7H5ClO4/c8-12-11-6-4-2-1-3-5(6)7(9)10/h1-4H,(H,9,10). The first-order valence-corrected chi connectivity index (χ1v) is 3.34. The summed E-state index contributed by atoms with van der Waals surface area (Å²) >= 11 is 4.80. The second-order valence-electron chi connectivity index (χ2n) is 1.95. The maximum absolute atomic E-state index is 10.5. The van der Waals surface area contributed by atoms with Gasteiger partial charge in [-0.15, -0.1) is 0 Å². The van der Waals surface area contributed by atoms with Crippen molar-refractivity contribution in [3.8, 4) is 5.75 Å². The lowest BCUT2D eigenvalue weighted by molar-refractivity contribution is -0.0925. The fourth-order valence-electron chi connectivity index (χ4n) is 0.750. The van der Waals surface area contributed by atoms with Crippen LogP contribution in [0.4, 0.5) is 0 Å². The van der Waals surface area contributed by atoms with E-state index in [0.717, 1.165) is 0 Å². The molecule has 0 spiro atoms. The largest absolute Gasteiger partial charge is 0.478 e. The van der Waals surface area contributed by atoms with Gasteiger partial charge < -0.3 is 9.99 Å². The zero-order valence-electron chi connectivity index (χ0n) is 5.86. The van der Waals surface area contributed by atoms with E-state index < -0.39 is 5.97 Å². The molecule has 0 aromatic heterocycles. The fourth-order valence-corrected chi connectivity index (χ4v) is 0.818. The first-order valence-electron chi connectivity index (χ1n) is 3.03. The lowest BCUT2D eigenvalue weighted by Gasteiger charge is -2.01. The summed E-state index contributed by atoms with van der Waals surface area (Å²) in [6.07, 6.45) is 0. The molecule has 0 saturated heterocycles.